The number of amides is 1. The van der Waals surface area contributed by atoms with Crippen LogP contribution < -0.4 is 5.32 Å². The minimum atomic E-state index is -3.36. The van der Waals surface area contributed by atoms with Crippen LogP contribution in [0.1, 0.15) is 49.7 Å². The van der Waals surface area contributed by atoms with E-state index in [4.69, 9.17) is 0 Å². The Kier molecular flexibility index (Phi) is 6.80. The van der Waals surface area contributed by atoms with Gasteiger partial charge in [-0.15, -0.1) is 0 Å². The molecule has 1 saturated carbocycles. The van der Waals surface area contributed by atoms with E-state index in [-0.39, 0.29) is 24.9 Å². The smallest absolute Gasteiger partial charge is 0.221 e. The maximum Gasteiger partial charge on any atom is 0.221 e. The number of carbonyl (C=O) groups is 1. The summed E-state index contributed by atoms with van der Waals surface area (Å²) in [6.45, 7) is 2.49. The molecule has 0 atom stereocenters. The zero-order valence-electron chi connectivity index (χ0n) is 14.6. The third-order valence-electron chi connectivity index (χ3n) is 4.64. The fraction of sp³-hybridized carbons (Fsp3) is 0.611. The van der Waals surface area contributed by atoms with E-state index in [9.17, 15) is 13.2 Å². The first-order valence-electron chi connectivity index (χ1n) is 8.65. The largest absolute Gasteiger partial charge is 0.353 e. The van der Waals surface area contributed by atoms with E-state index >= 15 is 0 Å². The minimum absolute atomic E-state index is 0.0552. The first-order valence-corrected chi connectivity index (χ1v) is 10.5. The molecule has 0 radical (unpaired) electrons. The molecular formula is C18H28N2O3S. The Labute approximate surface area is 145 Å². The third-order valence-corrected chi connectivity index (χ3v) is 5.89. The molecule has 6 heteroatoms. The molecule has 1 aromatic rings. The molecule has 1 N–H and O–H groups in total. The quantitative estimate of drug-likeness (QED) is 0.820. The van der Waals surface area contributed by atoms with Gasteiger partial charge in [0.1, 0.15) is 0 Å². The molecule has 0 spiro atoms. The normalized spacial score (nSPS) is 16.3. The molecule has 1 aliphatic rings. The highest BCUT2D eigenvalue weighted by Gasteiger charge is 2.20. The van der Waals surface area contributed by atoms with Crippen molar-refractivity contribution in [2.24, 2.45) is 0 Å². The summed E-state index contributed by atoms with van der Waals surface area (Å²) in [5, 5.41) is 3.04. The van der Waals surface area contributed by atoms with Crippen molar-refractivity contribution < 1.29 is 13.2 Å². The van der Waals surface area contributed by atoms with Gasteiger partial charge >= 0.3 is 0 Å². The number of carbonyl (C=O) groups excluding carboxylic acids is 1. The SMILES string of the molecule is Cc1ccccc1CN(CCC(=O)NC1CCCCC1)S(C)(=O)=O. The predicted octanol–water partition coefficient (Wildman–Crippen LogP) is 2.60. The fourth-order valence-electron chi connectivity index (χ4n) is 3.11. The molecule has 1 aromatic carbocycles. The van der Waals surface area contributed by atoms with Crippen LogP contribution in [0.15, 0.2) is 24.3 Å². The molecule has 134 valence electrons. The van der Waals surface area contributed by atoms with Gasteiger partial charge in [-0.3, -0.25) is 4.79 Å². The van der Waals surface area contributed by atoms with Crippen LogP contribution in [-0.2, 0) is 21.4 Å². The van der Waals surface area contributed by atoms with Gasteiger partial charge < -0.3 is 5.32 Å². The summed E-state index contributed by atoms with van der Waals surface area (Å²) in [4.78, 5) is 12.1. The standard InChI is InChI=1S/C18H28N2O3S/c1-15-8-6-7-9-16(15)14-20(24(2,22)23)13-12-18(21)19-17-10-4-3-5-11-17/h6-9,17H,3-5,10-14H2,1-2H3,(H,19,21). The van der Waals surface area contributed by atoms with Crippen molar-refractivity contribution in [3.8, 4) is 0 Å². The number of sulfonamides is 1. The Morgan fingerprint density at radius 3 is 2.50 bits per heavy atom. The summed E-state index contributed by atoms with van der Waals surface area (Å²) < 4.78 is 25.5. The Bertz CT molecular complexity index is 652. The van der Waals surface area contributed by atoms with E-state index in [1.165, 1.54) is 17.0 Å². The zero-order chi connectivity index (χ0) is 17.6. The van der Waals surface area contributed by atoms with Crippen LogP contribution in [0.3, 0.4) is 0 Å². The van der Waals surface area contributed by atoms with E-state index in [0.717, 1.165) is 36.8 Å². The summed E-state index contributed by atoms with van der Waals surface area (Å²) in [6.07, 6.45) is 7.03. The van der Waals surface area contributed by atoms with Gasteiger partial charge in [0.05, 0.1) is 6.26 Å². The van der Waals surface area contributed by atoms with Crippen molar-refractivity contribution in [2.75, 3.05) is 12.8 Å². The minimum Gasteiger partial charge on any atom is -0.353 e. The average molecular weight is 353 g/mol. The van der Waals surface area contributed by atoms with Crippen LogP contribution in [0.25, 0.3) is 0 Å². The maximum absolute atomic E-state index is 12.1. The van der Waals surface area contributed by atoms with Gasteiger partial charge in [-0.1, -0.05) is 43.5 Å². The van der Waals surface area contributed by atoms with Crippen molar-refractivity contribution in [2.45, 2.75) is 58.0 Å². The van der Waals surface area contributed by atoms with Crippen LogP contribution >= 0.6 is 0 Å². The molecule has 0 bridgehead atoms. The van der Waals surface area contributed by atoms with Gasteiger partial charge in [-0.25, -0.2) is 8.42 Å². The van der Waals surface area contributed by atoms with Gasteiger partial charge in [0.2, 0.25) is 15.9 Å². The number of nitrogens with one attached hydrogen (secondary N) is 1. The molecule has 0 saturated heterocycles. The topological polar surface area (TPSA) is 66.5 Å². The van der Waals surface area contributed by atoms with E-state index in [2.05, 4.69) is 5.32 Å². The van der Waals surface area contributed by atoms with Crippen LogP contribution in [0.4, 0.5) is 0 Å². The van der Waals surface area contributed by atoms with Crippen molar-refractivity contribution in [1.29, 1.82) is 0 Å². The predicted molar refractivity (Wildman–Crippen MR) is 96.1 cm³/mol. The molecule has 0 unspecified atom stereocenters. The van der Waals surface area contributed by atoms with Crippen molar-refractivity contribution in [3.05, 3.63) is 35.4 Å². The first-order chi connectivity index (χ1) is 11.4. The van der Waals surface area contributed by atoms with E-state index < -0.39 is 10.0 Å². The van der Waals surface area contributed by atoms with Crippen molar-refractivity contribution in [3.63, 3.8) is 0 Å². The van der Waals surface area contributed by atoms with Gasteiger partial charge in [0, 0.05) is 25.6 Å². The number of hydrogen-bond donors (Lipinski definition) is 1. The molecule has 2 rings (SSSR count). The Hall–Kier alpha value is -1.40. The maximum atomic E-state index is 12.1. The van der Waals surface area contributed by atoms with Gasteiger partial charge in [-0.2, -0.15) is 4.31 Å². The Balaban J connectivity index is 1.92. The number of nitrogens with zero attached hydrogens (tertiary/aromatic N) is 1. The first kappa shape index (κ1) is 18.9. The lowest BCUT2D eigenvalue weighted by Gasteiger charge is -2.24. The van der Waals surface area contributed by atoms with Gasteiger partial charge in [0.15, 0.2) is 0 Å². The van der Waals surface area contributed by atoms with Gasteiger partial charge in [-0.05, 0) is 30.9 Å². The molecule has 1 amide bonds. The van der Waals surface area contributed by atoms with Gasteiger partial charge in [0.25, 0.3) is 0 Å². The Morgan fingerprint density at radius 2 is 1.88 bits per heavy atom. The van der Waals surface area contributed by atoms with Crippen LogP contribution in [0.5, 0.6) is 0 Å². The monoisotopic (exact) mass is 352 g/mol. The molecule has 24 heavy (non-hydrogen) atoms. The molecule has 0 aromatic heterocycles. The summed E-state index contributed by atoms with van der Waals surface area (Å²) in [5.74, 6) is -0.0552. The van der Waals surface area contributed by atoms with Crippen molar-refractivity contribution >= 4 is 15.9 Å². The highest BCUT2D eigenvalue weighted by Crippen LogP contribution is 2.18. The second-order valence-electron chi connectivity index (χ2n) is 6.68. The lowest BCUT2D eigenvalue weighted by molar-refractivity contribution is -0.122. The number of aryl methyl sites for hydroxylation is 1. The Morgan fingerprint density at radius 1 is 1.21 bits per heavy atom. The second kappa shape index (κ2) is 8.62. The average Bonchev–Trinajstić information content (AvgIpc) is 2.53. The molecule has 1 aliphatic carbocycles. The third kappa shape index (κ3) is 5.91. The molecular weight excluding hydrogens is 324 g/mol. The molecule has 5 nitrogen and oxygen atoms in total. The number of rotatable bonds is 7. The summed E-state index contributed by atoms with van der Waals surface area (Å²) in [5.41, 5.74) is 2.02. The van der Waals surface area contributed by atoms with E-state index in [1.807, 2.05) is 31.2 Å². The highest BCUT2D eigenvalue weighted by atomic mass is 32.2. The van der Waals surface area contributed by atoms with Crippen LogP contribution in [0, 0.1) is 6.92 Å². The van der Waals surface area contributed by atoms with Crippen molar-refractivity contribution in [1.82, 2.24) is 9.62 Å². The summed E-state index contributed by atoms with van der Waals surface area (Å²) in [6, 6.07) is 7.98. The van der Waals surface area contributed by atoms with Crippen LogP contribution in [0.2, 0.25) is 0 Å². The lowest BCUT2D eigenvalue weighted by Crippen LogP contribution is -2.39. The molecule has 0 aliphatic heterocycles. The molecule has 0 heterocycles. The summed E-state index contributed by atoms with van der Waals surface area (Å²) in [7, 11) is -3.36. The van der Waals surface area contributed by atoms with E-state index in [0.29, 0.717) is 6.54 Å². The highest BCUT2D eigenvalue weighted by molar-refractivity contribution is 7.88. The van der Waals surface area contributed by atoms with E-state index in [1.54, 1.807) is 0 Å². The lowest BCUT2D eigenvalue weighted by atomic mass is 9.95. The number of hydrogen-bond acceptors (Lipinski definition) is 3. The number of benzene rings is 1. The van der Waals surface area contributed by atoms with Crippen LogP contribution in [-0.4, -0.2) is 37.5 Å². The summed E-state index contributed by atoms with van der Waals surface area (Å²) >= 11 is 0. The second-order valence-corrected chi connectivity index (χ2v) is 8.66. The fourth-order valence-corrected chi connectivity index (χ4v) is 3.91. The molecule has 1 fully saturated rings. The zero-order valence-corrected chi connectivity index (χ0v) is 15.4.